The molecule has 0 nitrogen and oxygen atoms in total. The summed E-state index contributed by atoms with van der Waals surface area (Å²) < 4.78 is 0. The molecule has 0 aliphatic heterocycles. The average molecular weight is 320 g/mol. The molecule has 0 saturated carbocycles. The molecule has 0 N–H and O–H groups in total. The second kappa shape index (κ2) is 12.5. The van der Waals surface area contributed by atoms with Gasteiger partial charge in [0.25, 0.3) is 0 Å². The fourth-order valence-electron chi connectivity index (χ4n) is 0.990. The van der Waals surface area contributed by atoms with E-state index in [1.165, 1.54) is 11.1 Å². The first-order valence-corrected chi connectivity index (χ1v) is 4.27. The molecule has 0 saturated heterocycles. The van der Waals surface area contributed by atoms with E-state index in [1.54, 1.807) is 0 Å². The maximum Gasteiger partial charge on any atom is 2.00 e. The van der Waals surface area contributed by atoms with Crippen LogP contribution < -0.4 is 24.8 Å². The van der Waals surface area contributed by atoms with Crippen molar-refractivity contribution in [3.8, 4) is 0 Å². The predicted molar refractivity (Wildman–Crippen MR) is 52.4 cm³/mol. The molecular formula is C12H14Cl2Zr-2. The number of rotatable bonds is 0. The maximum atomic E-state index is 3.19. The zero-order chi connectivity index (χ0) is 8.81. The molecule has 0 unspecified atom stereocenters. The summed E-state index contributed by atoms with van der Waals surface area (Å²) in [5, 5.41) is 0. The van der Waals surface area contributed by atoms with Crippen LogP contribution >= 0.6 is 0 Å². The van der Waals surface area contributed by atoms with Gasteiger partial charge in [0.15, 0.2) is 0 Å². The summed E-state index contributed by atoms with van der Waals surface area (Å²) in [4.78, 5) is 0. The Balaban J connectivity index is -0.000000165. The number of allylic oxidation sites excluding steroid dienone is 8. The number of hydrogen-bond acceptors (Lipinski definition) is 0. The van der Waals surface area contributed by atoms with E-state index in [9.17, 15) is 0 Å². The van der Waals surface area contributed by atoms with Crippen LogP contribution in [0, 0.1) is 12.2 Å². The minimum atomic E-state index is 0. The summed E-state index contributed by atoms with van der Waals surface area (Å²) in [7, 11) is 0. The van der Waals surface area contributed by atoms with Gasteiger partial charge in [-0.05, 0) is 0 Å². The molecule has 0 amide bonds. The molecule has 0 aromatic carbocycles. The molecule has 3 heteroatoms. The summed E-state index contributed by atoms with van der Waals surface area (Å²) in [6.45, 7) is 4.22. The van der Waals surface area contributed by atoms with Gasteiger partial charge in [-0.1, -0.05) is 6.92 Å². The summed E-state index contributed by atoms with van der Waals surface area (Å²) in [5.74, 6) is 0. The Hall–Kier alpha value is 0.423. The first-order valence-electron chi connectivity index (χ1n) is 4.27. The Labute approximate surface area is 125 Å². The SMILES string of the molecule is CC1=[C-]CC=C1C.[C-]1=CC=CC1.[Cl-].[Cl-].[Zr+2]. The topological polar surface area (TPSA) is 0 Å². The van der Waals surface area contributed by atoms with E-state index < -0.39 is 0 Å². The minimum absolute atomic E-state index is 0. The Kier molecular flexibility index (Phi) is 17.3. The Morgan fingerprint density at radius 3 is 1.93 bits per heavy atom. The van der Waals surface area contributed by atoms with Crippen LogP contribution in [0.1, 0.15) is 26.7 Å². The second-order valence-electron chi connectivity index (χ2n) is 2.90. The van der Waals surface area contributed by atoms with E-state index in [2.05, 4.69) is 38.2 Å². The Morgan fingerprint density at radius 2 is 1.80 bits per heavy atom. The van der Waals surface area contributed by atoms with Crippen LogP contribution in [0.25, 0.3) is 0 Å². The molecule has 0 heterocycles. The van der Waals surface area contributed by atoms with E-state index in [4.69, 9.17) is 0 Å². The molecule has 15 heavy (non-hydrogen) atoms. The minimum Gasteiger partial charge on any atom is -1.00 e. The van der Waals surface area contributed by atoms with Gasteiger partial charge in [0.05, 0.1) is 0 Å². The molecule has 2 aliphatic carbocycles. The zero-order valence-electron chi connectivity index (χ0n) is 8.98. The van der Waals surface area contributed by atoms with Gasteiger partial charge in [0, 0.05) is 0 Å². The van der Waals surface area contributed by atoms with Gasteiger partial charge in [0.2, 0.25) is 0 Å². The monoisotopic (exact) mass is 318 g/mol. The van der Waals surface area contributed by atoms with Crippen molar-refractivity contribution in [2.45, 2.75) is 26.7 Å². The van der Waals surface area contributed by atoms with Crippen LogP contribution in [0.3, 0.4) is 0 Å². The van der Waals surface area contributed by atoms with Gasteiger partial charge >= 0.3 is 26.2 Å². The molecule has 82 valence electrons. The van der Waals surface area contributed by atoms with Crippen molar-refractivity contribution in [2.24, 2.45) is 0 Å². The molecule has 0 aromatic rings. The zero-order valence-corrected chi connectivity index (χ0v) is 12.9. The summed E-state index contributed by atoms with van der Waals surface area (Å²) in [5.41, 5.74) is 2.71. The van der Waals surface area contributed by atoms with Crippen LogP contribution in [0.4, 0.5) is 0 Å². The molecule has 0 atom stereocenters. The molecule has 0 spiro atoms. The van der Waals surface area contributed by atoms with Crippen LogP contribution in [0.15, 0.2) is 35.5 Å². The molecule has 2 rings (SSSR count). The van der Waals surface area contributed by atoms with E-state index in [1.807, 2.05) is 12.2 Å². The van der Waals surface area contributed by atoms with Gasteiger partial charge < -0.3 is 24.8 Å². The van der Waals surface area contributed by atoms with Gasteiger partial charge in [0.1, 0.15) is 0 Å². The molecule has 0 radical (unpaired) electrons. The van der Waals surface area contributed by atoms with Gasteiger partial charge in [-0.3, -0.25) is 12.2 Å². The van der Waals surface area contributed by atoms with Crippen LogP contribution in [0.5, 0.6) is 0 Å². The summed E-state index contributed by atoms with van der Waals surface area (Å²) in [6, 6.07) is 0. The van der Waals surface area contributed by atoms with Gasteiger partial charge in [-0.15, -0.1) is 19.8 Å². The van der Waals surface area contributed by atoms with Gasteiger partial charge in [-0.25, -0.2) is 23.3 Å². The Bertz CT molecular complexity index is 237. The predicted octanol–water partition coefficient (Wildman–Crippen LogP) is -2.60. The van der Waals surface area contributed by atoms with Crippen LogP contribution in [0.2, 0.25) is 0 Å². The van der Waals surface area contributed by atoms with E-state index in [0.717, 1.165) is 12.8 Å². The van der Waals surface area contributed by atoms with E-state index in [-0.39, 0.29) is 51.0 Å². The Morgan fingerprint density at radius 1 is 1.13 bits per heavy atom. The summed E-state index contributed by atoms with van der Waals surface area (Å²) in [6.07, 6.45) is 16.4. The van der Waals surface area contributed by atoms with Crippen molar-refractivity contribution in [2.75, 3.05) is 0 Å². The fraction of sp³-hybridized carbons (Fsp3) is 0.333. The smallest absolute Gasteiger partial charge is 1.00 e. The normalized spacial score (nSPS) is 14.8. The first kappa shape index (κ1) is 20.8. The molecular weight excluding hydrogens is 306 g/mol. The first-order chi connectivity index (χ1) is 5.80. The van der Waals surface area contributed by atoms with Crippen LogP contribution in [-0.4, -0.2) is 0 Å². The van der Waals surface area contributed by atoms with Gasteiger partial charge in [-0.2, -0.15) is 12.2 Å². The molecule has 2 aliphatic rings. The fourth-order valence-corrected chi connectivity index (χ4v) is 0.990. The third kappa shape index (κ3) is 9.36. The molecule has 0 fully saturated rings. The van der Waals surface area contributed by atoms with E-state index in [0.29, 0.717) is 0 Å². The number of hydrogen-bond donors (Lipinski definition) is 0. The van der Waals surface area contributed by atoms with Crippen molar-refractivity contribution in [1.82, 2.24) is 0 Å². The van der Waals surface area contributed by atoms with Crippen molar-refractivity contribution in [3.05, 3.63) is 47.6 Å². The van der Waals surface area contributed by atoms with E-state index >= 15 is 0 Å². The third-order valence-electron chi connectivity index (χ3n) is 1.95. The maximum absolute atomic E-state index is 3.19. The molecule has 0 aromatic heterocycles. The third-order valence-corrected chi connectivity index (χ3v) is 1.95. The van der Waals surface area contributed by atoms with Crippen molar-refractivity contribution in [3.63, 3.8) is 0 Å². The average Bonchev–Trinajstić information content (AvgIpc) is 2.67. The van der Waals surface area contributed by atoms with Crippen LogP contribution in [-0.2, 0) is 26.2 Å². The summed E-state index contributed by atoms with van der Waals surface area (Å²) >= 11 is 0. The van der Waals surface area contributed by atoms with Crippen molar-refractivity contribution >= 4 is 0 Å². The molecule has 0 bridgehead atoms. The van der Waals surface area contributed by atoms with Crippen molar-refractivity contribution in [1.29, 1.82) is 0 Å². The largest absolute Gasteiger partial charge is 2.00 e. The number of halogens is 2. The second-order valence-corrected chi connectivity index (χ2v) is 2.90. The standard InChI is InChI=1S/C7H9.C5H5.2ClH.Zr/c1-6-4-3-5-7(6)2;1-2-4-5-3-1;;;/h4H,3H2,1-2H3;1-3H,4H2;2*1H;/q2*-1;;;+2/p-2. The van der Waals surface area contributed by atoms with Crippen molar-refractivity contribution < 1.29 is 51.0 Å². The quantitative estimate of drug-likeness (QED) is 0.430.